The molecule has 0 saturated heterocycles. The van der Waals surface area contributed by atoms with E-state index in [-0.39, 0.29) is 24.7 Å². The van der Waals surface area contributed by atoms with Crippen molar-refractivity contribution in [2.45, 2.75) is 110 Å². The van der Waals surface area contributed by atoms with Crippen molar-refractivity contribution in [1.82, 2.24) is 37.2 Å². The Morgan fingerprint density at radius 1 is 0.722 bits per heavy atom. The summed E-state index contributed by atoms with van der Waals surface area (Å²) in [5, 5.41) is 28.9. The maximum Gasteiger partial charge on any atom is 0.326 e. The van der Waals surface area contributed by atoms with Crippen LogP contribution in [0.4, 0.5) is 4.79 Å². The average molecular weight is 754 g/mol. The summed E-state index contributed by atoms with van der Waals surface area (Å²) in [7, 11) is 1.72. The molecule has 0 saturated carbocycles. The SMILES string of the molecule is CCC(=O)CCCCCNC(=O)NCCCCC(NC(=O)CNC(=O)C(CCNC)NC(=O)c1ccc(CNC(C)C)cc1)C(=O)O.Cc1ccccc1. The molecule has 0 spiro atoms. The monoisotopic (exact) mass is 753 g/mol. The number of ketones is 1. The highest BCUT2D eigenvalue weighted by molar-refractivity contribution is 5.98. The Labute approximate surface area is 320 Å². The van der Waals surface area contributed by atoms with Crippen molar-refractivity contribution in [3.05, 3.63) is 71.3 Å². The molecule has 2 unspecified atom stereocenters. The molecule has 300 valence electrons. The molecule has 2 rings (SSSR count). The first kappa shape index (κ1) is 47.2. The molecule has 2 aromatic rings. The summed E-state index contributed by atoms with van der Waals surface area (Å²) in [5.41, 5.74) is 2.74. The number of carbonyl (C=O) groups excluding carboxylic acids is 5. The van der Waals surface area contributed by atoms with Gasteiger partial charge in [0, 0.05) is 44.1 Å². The van der Waals surface area contributed by atoms with E-state index < -0.39 is 42.3 Å². The van der Waals surface area contributed by atoms with Crippen molar-refractivity contribution in [1.29, 1.82) is 0 Å². The van der Waals surface area contributed by atoms with E-state index in [0.717, 1.165) is 24.8 Å². The minimum atomic E-state index is -1.21. The van der Waals surface area contributed by atoms with E-state index in [1.54, 1.807) is 19.2 Å². The first-order valence-corrected chi connectivity index (χ1v) is 19.0. The maximum atomic E-state index is 12.9. The number of nitrogens with one attached hydrogen (secondary N) is 7. The van der Waals surface area contributed by atoms with E-state index in [1.807, 2.05) is 51.1 Å². The number of hydrogen-bond donors (Lipinski definition) is 8. The van der Waals surface area contributed by atoms with Crippen LogP contribution >= 0.6 is 0 Å². The molecule has 0 radical (unpaired) electrons. The minimum absolute atomic E-state index is 0.141. The number of carboxylic acid groups (broad SMARTS) is 1. The van der Waals surface area contributed by atoms with Crippen LogP contribution in [0.3, 0.4) is 0 Å². The van der Waals surface area contributed by atoms with E-state index in [9.17, 15) is 33.9 Å². The zero-order valence-electron chi connectivity index (χ0n) is 32.7. The summed E-state index contributed by atoms with van der Waals surface area (Å²) in [6.45, 7) is 9.50. The fourth-order valence-corrected chi connectivity index (χ4v) is 4.96. The van der Waals surface area contributed by atoms with Crippen LogP contribution in [0.2, 0.25) is 0 Å². The molecule has 5 amide bonds. The number of aryl methyl sites for hydroxylation is 1. The molecule has 14 nitrogen and oxygen atoms in total. The number of carbonyl (C=O) groups is 6. The highest BCUT2D eigenvalue weighted by atomic mass is 16.4. The first-order valence-electron chi connectivity index (χ1n) is 19.0. The van der Waals surface area contributed by atoms with E-state index in [2.05, 4.69) is 56.3 Å². The van der Waals surface area contributed by atoms with Gasteiger partial charge in [-0.1, -0.05) is 75.2 Å². The molecular weight excluding hydrogens is 690 g/mol. The van der Waals surface area contributed by atoms with Crippen molar-refractivity contribution < 1.29 is 33.9 Å². The van der Waals surface area contributed by atoms with E-state index in [0.29, 0.717) is 63.5 Å². The summed E-state index contributed by atoms with van der Waals surface area (Å²) in [6.07, 6.45) is 4.92. The fraction of sp³-hybridized carbons (Fsp3) is 0.550. The molecule has 0 bridgehead atoms. The van der Waals surface area contributed by atoms with Crippen molar-refractivity contribution in [3.63, 3.8) is 0 Å². The van der Waals surface area contributed by atoms with Crippen LogP contribution in [0.25, 0.3) is 0 Å². The van der Waals surface area contributed by atoms with Crippen molar-refractivity contribution in [3.8, 4) is 0 Å². The molecule has 0 fully saturated rings. The molecule has 54 heavy (non-hydrogen) atoms. The lowest BCUT2D eigenvalue weighted by Gasteiger charge is -2.19. The van der Waals surface area contributed by atoms with Crippen LogP contribution in [-0.2, 0) is 25.7 Å². The number of benzene rings is 2. The lowest BCUT2D eigenvalue weighted by atomic mass is 10.1. The lowest BCUT2D eigenvalue weighted by molar-refractivity contribution is -0.142. The molecule has 0 heterocycles. The third-order valence-electron chi connectivity index (χ3n) is 8.25. The van der Waals surface area contributed by atoms with E-state index >= 15 is 0 Å². The molecule has 0 aliphatic heterocycles. The number of urea groups is 1. The van der Waals surface area contributed by atoms with Gasteiger partial charge >= 0.3 is 12.0 Å². The van der Waals surface area contributed by atoms with Gasteiger partial charge in [0.05, 0.1) is 6.54 Å². The zero-order valence-corrected chi connectivity index (χ0v) is 32.7. The molecule has 0 aliphatic carbocycles. The molecule has 2 atom stereocenters. The van der Waals surface area contributed by atoms with Gasteiger partial charge in [-0.05, 0) is 76.7 Å². The van der Waals surface area contributed by atoms with Gasteiger partial charge in [-0.25, -0.2) is 9.59 Å². The second-order valence-corrected chi connectivity index (χ2v) is 13.4. The summed E-state index contributed by atoms with van der Waals surface area (Å²) in [5.74, 6) is -2.63. The second-order valence-electron chi connectivity index (χ2n) is 13.4. The molecule has 0 aromatic heterocycles. The zero-order chi connectivity index (χ0) is 40.1. The lowest BCUT2D eigenvalue weighted by Crippen LogP contribution is -2.51. The minimum Gasteiger partial charge on any atom is -0.480 e. The second kappa shape index (κ2) is 28.7. The Bertz CT molecular complexity index is 1410. The topological polar surface area (TPSA) is 207 Å². The molecule has 8 N–H and O–H groups in total. The predicted molar refractivity (Wildman–Crippen MR) is 211 cm³/mol. The summed E-state index contributed by atoms with van der Waals surface area (Å²) in [6, 6.07) is 15.3. The number of unbranched alkanes of at least 4 members (excludes halogenated alkanes) is 3. The molecular formula is C40H63N7O7. The molecule has 14 heteroatoms. The summed E-state index contributed by atoms with van der Waals surface area (Å²) in [4.78, 5) is 73.1. The standard InChI is InChI=1S/C33H55N7O7.C7H8/c1-5-26(41)11-7-6-9-18-35-33(47)36-19-10-8-12-28(32(45)46)39-29(42)22-38-31(44)27(17-20-34-4)40-30(43)25-15-13-24(14-16-25)21-37-23(2)3;1-7-5-3-2-4-6-7/h13-16,23,27-28,34,37H,5-12,17-22H2,1-4H3,(H,38,44)(H,39,42)(H,40,43)(H,45,46)(H2,35,36,47);2-6H,1H3. The number of hydrogen-bond acceptors (Lipinski definition) is 8. The summed E-state index contributed by atoms with van der Waals surface area (Å²) < 4.78 is 0. The number of aliphatic carboxylic acids is 1. The normalized spacial score (nSPS) is 11.7. The first-order chi connectivity index (χ1) is 25.9. The Morgan fingerprint density at radius 2 is 1.37 bits per heavy atom. The van der Waals surface area contributed by atoms with Crippen LogP contribution < -0.4 is 37.2 Å². The highest BCUT2D eigenvalue weighted by Crippen LogP contribution is 2.07. The number of rotatable bonds is 25. The van der Waals surface area contributed by atoms with Crippen molar-refractivity contribution >= 4 is 35.5 Å². The Morgan fingerprint density at radius 3 is 1.93 bits per heavy atom. The van der Waals surface area contributed by atoms with Gasteiger partial charge in [-0.15, -0.1) is 0 Å². The molecule has 0 aliphatic rings. The smallest absolute Gasteiger partial charge is 0.326 e. The predicted octanol–water partition coefficient (Wildman–Crippen LogP) is 3.58. The van der Waals surface area contributed by atoms with E-state index in [4.69, 9.17) is 0 Å². The Balaban J connectivity index is 0.00000185. The Hall–Kier alpha value is -4.82. The van der Waals surface area contributed by atoms with Gasteiger partial charge in [0.25, 0.3) is 5.91 Å². The maximum absolute atomic E-state index is 12.9. The van der Waals surface area contributed by atoms with Gasteiger partial charge in [0.1, 0.15) is 17.9 Å². The third kappa shape index (κ3) is 23.0. The van der Waals surface area contributed by atoms with Crippen LogP contribution in [0.15, 0.2) is 54.6 Å². The van der Waals surface area contributed by atoms with Crippen LogP contribution in [-0.4, -0.2) is 92.0 Å². The van der Waals surface area contributed by atoms with Crippen LogP contribution in [0, 0.1) is 6.92 Å². The van der Waals surface area contributed by atoms with Gasteiger partial charge in [-0.2, -0.15) is 0 Å². The van der Waals surface area contributed by atoms with Gasteiger partial charge < -0.3 is 42.3 Å². The van der Waals surface area contributed by atoms with Crippen LogP contribution in [0.5, 0.6) is 0 Å². The van der Waals surface area contributed by atoms with E-state index in [1.165, 1.54) is 5.56 Å². The summed E-state index contributed by atoms with van der Waals surface area (Å²) >= 11 is 0. The number of carboxylic acids is 1. The third-order valence-corrected chi connectivity index (χ3v) is 8.25. The quantitative estimate of drug-likeness (QED) is 0.0697. The fourth-order valence-electron chi connectivity index (χ4n) is 4.96. The van der Waals surface area contributed by atoms with Gasteiger partial charge in [0.15, 0.2) is 0 Å². The van der Waals surface area contributed by atoms with Crippen molar-refractivity contribution in [2.24, 2.45) is 0 Å². The average Bonchev–Trinajstić information content (AvgIpc) is 3.15. The van der Waals surface area contributed by atoms with Crippen molar-refractivity contribution in [2.75, 3.05) is 33.2 Å². The number of amides is 5. The largest absolute Gasteiger partial charge is 0.480 e. The van der Waals surface area contributed by atoms with Gasteiger partial charge in [0.2, 0.25) is 11.8 Å². The Kier molecular flexibility index (Phi) is 25.0. The number of Topliss-reactive ketones (excluding diaryl/α,β-unsaturated/α-hetero) is 1. The van der Waals surface area contributed by atoms with Gasteiger partial charge in [-0.3, -0.25) is 19.2 Å². The van der Waals surface area contributed by atoms with Crippen LogP contribution in [0.1, 0.15) is 100 Å². The highest BCUT2D eigenvalue weighted by Gasteiger charge is 2.23. The molecule has 2 aromatic carbocycles.